The van der Waals surface area contributed by atoms with E-state index in [1.807, 2.05) is 19.2 Å². The van der Waals surface area contributed by atoms with Gasteiger partial charge < -0.3 is 15.5 Å². The van der Waals surface area contributed by atoms with Gasteiger partial charge in [-0.25, -0.2) is 23.4 Å². The van der Waals surface area contributed by atoms with Crippen LogP contribution >= 0.6 is 0 Å². The van der Waals surface area contributed by atoms with Gasteiger partial charge in [0.25, 0.3) is 0 Å². The van der Waals surface area contributed by atoms with Gasteiger partial charge in [-0.3, -0.25) is 4.79 Å². The predicted octanol–water partition coefficient (Wildman–Crippen LogP) is 4.49. The standard InChI is InChI=1S/C29H38N6O3S/c1-19(2)16-34(6)26-14-21(12-13-31-26)23-11-10-22(28(32-23)35-17-20(3)15-29(35,4)5)24(36)18-39(37,38)27-9-7-8-25(30)33-27/h7-14,19-20H,15-18H2,1-6H3,(H2,30,33). The van der Waals surface area contributed by atoms with Crippen LogP contribution in [0.3, 0.4) is 0 Å². The fraction of sp³-hybridized carbons (Fsp3) is 0.448. The molecular formula is C29H38N6O3S. The minimum Gasteiger partial charge on any atom is -0.384 e. The van der Waals surface area contributed by atoms with Crippen LogP contribution in [0, 0.1) is 11.8 Å². The van der Waals surface area contributed by atoms with E-state index in [9.17, 15) is 13.2 Å². The molecule has 208 valence electrons. The van der Waals surface area contributed by atoms with Crippen molar-refractivity contribution in [3.8, 4) is 11.3 Å². The first-order chi connectivity index (χ1) is 18.3. The van der Waals surface area contributed by atoms with Crippen molar-refractivity contribution in [1.29, 1.82) is 0 Å². The Bertz CT molecular complexity index is 1470. The first-order valence-corrected chi connectivity index (χ1v) is 14.9. The summed E-state index contributed by atoms with van der Waals surface area (Å²) in [6.07, 6.45) is 2.69. The molecule has 1 atom stereocenters. The van der Waals surface area contributed by atoms with E-state index >= 15 is 0 Å². The van der Waals surface area contributed by atoms with E-state index in [1.54, 1.807) is 18.3 Å². The number of nitrogen functional groups attached to an aromatic ring is 1. The second-order valence-electron chi connectivity index (χ2n) is 11.6. The minimum atomic E-state index is -4.00. The second kappa shape index (κ2) is 10.9. The zero-order valence-electron chi connectivity index (χ0n) is 23.5. The minimum absolute atomic E-state index is 0.0822. The number of aromatic nitrogens is 3. The van der Waals surface area contributed by atoms with Crippen LogP contribution in [0.4, 0.5) is 17.5 Å². The van der Waals surface area contributed by atoms with E-state index in [0.29, 0.717) is 29.9 Å². The van der Waals surface area contributed by atoms with E-state index in [0.717, 1.165) is 24.3 Å². The Morgan fingerprint density at radius 1 is 1.18 bits per heavy atom. The molecule has 9 nitrogen and oxygen atoms in total. The fourth-order valence-electron chi connectivity index (χ4n) is 5.35. The summed E-state index contributed by atoms with van der Waals surface area (Å²) >= 11 is 0. The van der Waals surface area contributed by atoms with E-state index in [4.69, 9.17) is 10.7 Å². The number of nitrogens with two attached hydrogens (primary N) is 1. The molecule has 39 heavy (non-hydrogen) atoms. The van der Waals surface area contributed by atoms with Crippen LogP contribution in [-0.2, 0) is 9.84 Å². The Hall–Kier alpha value is -3.53. The second-order valence-corrected chi connectivity index (χ2v) is 13.5. The highest BCUT2D eigenvalue weighted by atomic mass is 32.2. The summed E-state index contributed by atoms with van der Waals surface area (Å²) in [6, 6.07) is 11.7. The largest absolute Gasteiger partial charge is 0.384 e. The van der Waals surface area contributed by atoms with Crippen LogP contribution in [-0.4, -0.2) is 60.6 Å². The number of sulfone groups is 1. The lowest BCUT2D eigenvalue weighted by atomic mass is 9.97. The van der Waals surface area contributed by atoms with Gasteiger partial charge in [0.05, 0.1) is 11.3 Å². The molecule has 2 N–H and O–H groups in total. The maximum absolute atomic E-state index is 13.6. The van der Waals surface area contributed by atoms with E-state index in [-0.39, 0.29) is 21.9 Å². The third kappa shape index (κ3) is 6.38. The number of ketones is 1. The number of hydrogen-bond acceptors (Lipinski definition) is 9. The van der Waals surface area contributed by atoms with Crippen LogP contribution in [0.25, 0.3) is 11.3 Å². The summed E-state index contributed by atoms with van der Waals surface area (Å²) in [7, 11) is -1.99. The first-order valence-electron chi connectivity index (χ1n) is 13.2. The van der Waals surface area contributed by atoms with E-state index in [2.05, 4.69) is 54.4 Å². The van der Waals surface area contributed by atoms with Gasteiger partial charge in [-0.2, -0.15) is 0 Å². The maximum Gasteiger partial charge on any atom is 0.203 e. The molecule has 3 aromatic heterocycles. The van der Waals surface area contributed by atoms with Gasteiger partial charge >= 0.3 is 0 Å². The van der Waals surface area contributed by atoms with Crippen molar-refractivity contribution >= 4 is 33.1 Å². The van der Waals surface area contributed by atoms with Gasteiger partial charge in [-0.15, -0.1) is 0 Å². The lowest BCUT2D eigenvalue weighted by molar-refractivity contribution is 0.102. The lowest BCUT2D eigenvalue weighted by Gasteiger charge is -2.34. The molecule has 1 aliphatic rings. The van der Waals surface area contributed by atoms with Crippen LogP contribution in [0.1, 0.15) is 51.4 Å². The van der Waals surface area contributed by atoms with Crippen LogP contribution < -0.4 is 15.5 Å². The summed E-state index contributed by atoms with van der Waals surface area (Å²) < 4.78 is 26.1. The Morgan fingerprint density at radius 3 is 2.56 bits per heavy atom. The molecule has 0 saturated carbocycles. The van der Waals surface area contributed by atoms with Crippen LogP contribution in [0.5, 0.6) is 0 Å². The van der Waals surface area contributed by atoms with Gasteiger partial charge in [-0.05, 0) is 68.5 Å². The van der Waals surface area contributed by atoms with Crippen molar-refractivity contribution in [3.63, 3.8) is 0 Å². The summed E-state index contributed by atoms with van der Waals surface area (Å²) in [6.45, 7) is 12.3. The van der Waals surface area contributed by atoms with Gasteiger partial charge in [0.15, 0.2) is 10.8 Å². The lowest BCUT2D eigenvalue weighted by Crippen LogP contribution is -2.40. The van der Waals surface area contributed by atoms with Crippen LogP contribution in [0.2, 0.25) is 0 Å². The Kier molecular flexibility index (Phi) is 7.97. The summed E-state index contributed by atoms with van der Waals surface area (Å²) in [5, 5.41) is -0.216. The molecule has 1 saturated heterocycles. The molecule has 1 aliphatic heterocycles. The molecule has 0 bridgehead atoms. The highest BCUT2D eigenvalue weighted by molar-refractivity contribution is 7.92. The van der Waals surface area contributed by atoms with Crippen molar-refractivity contribution in [2.24, 2.45) is 11.8 Å². The van der Waals surface area contributed by atoms with Gasteiger partial charge in [0.2, 0.25) is 9.84 Å². The number of hydrogen-bond donors (Lipinski definition) is 1. The van der Waals surface area contributed by atoms with Crippen molar-refractivity contribution in [1.82, 2.24) is 15.0 Å². The third-order valence-electron chi connectivity index (χ3n) is 6.96. The quantitative estimate of drug-likeness (QED) is 0.384. The molecule has 0 spiro atoms. The van der Waals surface area contributed by atoms with Gasteiger partial charge in [0.1, 0.15) is 23.2 Å². The number of carbonyl (C=O) groups excluding carboxylic acids is 1. The monoisotopic (exact) mass is 550 g/mol. The van der Waals surface area contributed by atoms with Crippen molar-refractivity contribution < 1.29 is 13.2 Å². The van der Waals surface area contributed by atoms with Crippen molar-refractivity contribution in [2.45, 2.75) is 51.6 Å². The highest BCUT2D eigenvalue weighted by Crippen LogP contribution is 2.38. The molecule has 1 unspecified atom stereocenters. The molecule has 0 amide bonds. The first kappa shape index (κ1) is 28.5. The Labute approximate surface area is 231 Å². The van der Waals surface area contributed by atoms with E-state index in [1.165, 1.54) is 18.2 Å². The van der Waals surface area contributed by atoms with Crippen LogP contribution in [0.15, 0.2) is 53.7 Å². The molecule has 0 aromatic carbocycles. The fourth-order valence-corrected chi connectivity index (χ4v) is 6.53. The number of Topliss-reactive ketones (excluding diaryl/α,β-unsaturated/α-hetero) is 1. The molecule has 1 fully saturated rings. The van der Waals surface area contributed by atoms with E-state index < -0.39 is 21.4 Å². The third-order valence-corrected chi connectivity index (χ3v) is 8.47. The topological polar surface area (TPSA) is 122 Å². The molecule has 3 aromatic rings. The molecule has 0 radical (unpaired) electrons. The molecule has 10 heteroatoms. The number of nitrogens with zero attached hydrogens (tertiary/aromatic N) is 5. The highest BCUT2D eigenvalue weighted by Gasteiger charge is 2.39. The predicted molar refractivity (Wildman–Crippen MR) is 156 cm³/mol. The molecule has 4 rings (SSSR count). The summed E-state index contributed by atoms with van der Waals surface area (Å²) in [5.41, 5.74) is 7.28. The smallest absolute Gasteiger partial charge is 0.203 e. The maximum atomic E-state index is 13.6. The summed E-state index contributed by atoms with van der Waals surface area (Å²) in [5.74, 6) is 1.03. The average Bonchev–Trinajstić information content (AvgIpc) is 3.14. The molecule has 4 heterocycles. The molecule has 0 aliphatic carbocycles. The van der Waals surface area contributed by atoms with Gasteiger partial charge in [-0.1, -0.05) is 26.8 Å². The number of rotatable bonds is 9. The summed E-state index contributed by atoms with van der Waals surface area (Å²) in [4.78, 5) is 31.2. The number of anilines is 3. The van der Waals surface area contributed by atoms with Crippen molar-refractivity contribution in [3.05, 3.63) is 54.2 Å². The zero-order valence-corrected chi connectivity index (χ0v) is 24.4. The number of pyridine rings is 3. The molecular weight excluding hydrogens is 512 g/mol. The normalized spacial score (nSPS) is 17.0. The average molecular weight is 551 g/mol. The Morgan fingerprint density at radius 2 is 1.92 bits per heavy atom. The zero-order chi connectivity index (χ0) is 28.5. The Balaban J connectivity index is 1.75. The SMILES string of the molecule is CC(C)CN(C)c1cc(-c2ccc(C(=O)CS(=O)(=O)c3cccc(N)n3)c(N3CC(C)CC3(C)C)n2)ccn1. The number of carbonyl (C=O) groups is 1. The van der Waals surface area contributed by atoms with Gasteiger partial charge in [0, 0.05) is 37.4 Å². The van der Waals surface area contributed by atoms with Crippen molar-refractivity contribution in [2.75, 3.05) is 41.4 Å².